The first kappa shape index (κ1) is 16.0. The number of carbonyl (C=O) groups excluding carboxylic acids is 1. The molecule has 2 rings (SSSR count). The molecule has 1 amide bonds. The summed E-state index contributed by atoms with van der Waals surface area (Å²) in [5.74, 6) is -0.192. The van der Waals surface area contributed by atoms with E-state index < -0.39 is 0 Å². The SMILES string of the molecule is NC(=O)CCCCNC1CCN(CCc2ccccc2)C1. The molecule has 0 aliphatic carbocycles. The molecule has 4 nitrogen and oxygen atoms in total. The number of hydrogen-bond donors (Lipinski definition) is 2. The molecule has 0 bridgehead atoms. The number of nitrogens with zero attached hydrogens (tertiary/aromatic N) is 1. The molecule has 1 fully saturated rings. The fraction of sp³-hybridized carbons (Fsp3) is 0.588. The highest BCUT2D eigenvalue weighted by molar-refractivity contribution is 5.73. The van der Waals surface area contributed by atoms with Crippen LogP contribution in [0.5, 0.6) is 0 Å². The quantitative estimate of drug-likeness (QED) is 0.678. The Morgan fingerprint density at radius 3 is 2.86 bits per heavy atom. The number of nitrogens with two attached hydrogens (primary N) is 1. The van der Waals surface area contributed by atoms with Crippen molar-refractivity contribution < 1.29 is 4.79 Å². The maximum Gasteiger partial charge on any atom is 0.217 e. The Balaban J connectivity index is 1.55. The minimum Gasteiger partial charge on any atom is -0.370 e. The molecule has 1 aromatic carbocycles. The molecule has 1 unspecified atom stereocenters. The first-order valence-corrected chi connectivity index (χ1v) is 8.02. The van der Waals surface area contributed by atoms with Gasteiger partial charge in [0, 0.05) is 25.6 Å². The van der Waals surface area contributed by atoms with E-state index in [1.807, 2.05) is 0 Å². The number of likely N-dealkylation sites (tertiary alicyclic amines) is 1. The van der Waals surface area contributed by atoms with Gasteiger partial charge in [-0.2, -0.15) is 0 Å². The average Bonchev–Trinajstić information content (AvgIpc) is 2.93. The van der Waals surface area contributed by atoms with Crippen LogP contribution in [0.15, 0.2) is 30.3 Å². The maximum atomic E-state index is 10.6. The van der Waals surface area contributed by atoms with Gasteiger partial charge in [0.25, 0.3) is 0 Å². The van der Waals surface area contributed by atoms with Crippen molar-refractivity contribution in [1.29, 1.82) is 0 Å². The molecule has 0 aromatic heterocycles. The van der Waals surface area contributed by atoms with Gasteiger partial charge in [0.05, 0.1) is 0 Å². The predicted octanol–water partition coefficient (Wildman–Crippen LogP) is 1.55. The summed E-state index contributed by atoms with van der Waals surface area (Å²) < 4.78 is 0. The zero-order valence-corrected chi connectivity index (χ0v) is 12.8. The minimum absolute atomic E-state index is 0.192. The van der Waals surface area contributed by atoms with E-state index in [0.29, 0.717) is 12.5 Å². The zero-order valence-electron chi connectivity index (χ0n) is 12.8. The lowest BCUT2D eigenvalue weighted by Gasteiger charge is -2.16. The van der Waals surface area contributed by atoms with Crippen LogP contribution in [-0.4, -0.2) is 43.0 Å². The summed E-state index contributed by atoms with van der Waals surface area (Å²) in [5, 5.41) is 3.59. The van der Waals surface area contributed by atoms with Gasteiger partial charge < -0.3 is 16.0 Å². The molecule has 4 heteroatoms. The van der Waals surface area contributed by atoms with Crippen molar-refractivity contribution >= 4 is 5.91 Å². The van der Waals surface area contributed by atoms with Crippen LogP contribution < -0.4 is 11.1 Å². The van der Waals surface area contributed by atoms with Gasteiger partial charge in [-0.15, -0.1) is 0 Å². The fourth-order valence-corrected chi connectivity index (χ4v) is 2.86. The summed E-state index contributed by atoms with van der Waals surface area (Å²) >= 11 is 0. The van der Waals surface area contributed by atoms with Gasteiger partial charge in [0.1, 0.15) is 0 Å². The van der Waals surface area contributed by atoms with Crippen LogP contribution in [0, 0.1) is 0 Å². The Morgan fingerprint density at radius 2 is 2.10 bits per heavy atom. The van der Waals surface area contributed by atoms with Crippen LogP contribution in [0.2, 0.25) is 0 Å². The van der Waals surface area contributed by atoms with Crippen molar-refractivity contribution in [2.24, 2.45) is 5.73 Å². The topological polar surface area (TPSA) is 58.4 Å². The molecule has 1 aliphatic heterocycles. The summed E-state index contributed by atoms with van der Waals surface area (Å²) in [4.78, 5) is 13.2. The molecule has 3 N–H and O–H groups in total. The van der Waals surface area contributed by atoms with Gasteiger partial charge in [0.15, 0.2) is 0 Å². The van der Waals surface area contributed by atoms with Crippen molar-refractivity contribution in [1.82, 2.24) is 10.2 Å². The van der Waals surface area contributed by atoms with Gasteiger partial charge in [-0.25, -0.2) is 0 Å². The van der Waals surface area contributed by atoms with E-state index in [0.717, 1.165) is 38.9 Å². The molecule has 0 saturated carbocycles. The molecular formula is C17H27N3O. The lowest BCUT2D eigenvalue weighted by molar-refractivity contribution is -0.118. The third-order valence-corrected chi connectivity index (χ3v) is 4.11. The van der Waals surface area contributed by atoms with Crippen molar-refractivity contribution in [3.8, 4) is 0 Å². The molecular weight excluding hydrogens is 262 g/mol. The number of primary amides is 1. The van der Waals surface area contributed by atoms with E-state index in [-0.39, 0.29) is 5.91 Å². The Morgan fingerprint density at radius 1 is 1.29 bits per heavy atom. The third-order valence-electron chi connectivity index (χ3n) is 4.11. The standard InChI is InChI=1S/C17H27N3O/c18-17(21)8-4-5-11-19-16-10-13-20(14-16)12-9-15-6-2-1-3-7-15/h1-3,6-7,16,19H,4-5,8-14H2,(H2,18,21). The normalized spacial score (nSPS) is 19.0. The average molecular weight is 289 g/mol. The number of rotatable bonds is 9. The van der Waals surface area contributed by atoms with E-state index in [1.165, 1.54) is 18.5 Å². The lowest BCUT2D eigenvalue weighted by atomic mass is 10.1. The van der Waals surface area contributed by atoms with Crippen molar-refractivity contribution in [3.63, 3.8) is 0 Å². The van der Waals surface area contributed by atoms with Crippen molar-refractivity contribution in [2.75, 3.05) is 26.2 Å². The second kappa shape index (κ2) is 8.80. The van der Waals surface area contributed by atoms with Crippen LogP contribution in [-0.2, 0) is 11.2 Å². The molecule has 0 radical (unpaired) electrons. The van der Waals surface area contributed by atoms with E-state index >= 15 is 0 Å². The van der Waals surface area contributed by atoms with Crippen LogP contribution in [0.4, 0.5) is 0 Å². The zero-order chi connectivity index (χ0) is 14.9. The van der Waals surface area contributed by atoms with Crippen LogP contribution >= 0.6 is 0 Å². The smallest absolute Gasteiger partial charge is 0.217 e. The summed E-state index contributed by atoms with van der Waals surface area (Å²) in [7, 11) is 0. The second-order valence-corrected chi connectivity index (χ2v) is 5.90. The molecule has 21 heavy (non-hydrogen) atoms. The number of nitrogens with one attached hydrogen (secondary N) is 1. The monoisotopic (exact) mass is 289 g/mol. The van der Waals surface area contributed by atoms with Gasteiger partial charge >= 0.3 is 0 Å². The molecule has 1 aromatic rings. The Bertz CT molecular complexity index is 421. The van der Waals surface area contributed by atoms with Crippen molar-refractivity contribution in [3.05, 3.63) is 35.9 Å². The first-order chi connectivity index (χ1) is 10.2. The fourth-order valence-electron chi connectivity index (χ4n) is 2.86. The van der Waals surface area contributed by atoms with E-state index in [4.69, 9.17) is 5.73 Å². The van der Waals surface area contributed by atoms with Crippen LogP contribution in [0.1, 0.15) is 31.2 Å². The number of hydrogen-bond acceptors (Lipinski definition) is 3. The minimum atomic E-state index is -0.192. The number of benzene rings is 1. The number of amides is 1. The summed E-state index contributed by atoms with van der Waals surface area (Å²) in [6.45, 7) is 4.46. The van der Waals surface area contributed by atoms with Crippen LogP contribution in [0.3, 0.4) is 0 Å². The van der Waals surface area contributed by atoms with Gasteiger partial charge in [-0.1, -0.05) is 30.3 Å². The maximum absolute atomic E-state index is 10.6. The molecule has 1 saturated heterocycles. The highest BCUT2D eigenvalue weighted by atomic mass is 16.1. The van der Waals surface area contributed by atoms with E-state index in [2.05, 4.69) is 40.5 Å². The van der Waals surface area contributed by atoms with Gasteiger partial charge in [-0.05, 0) is 44.3 Å². The predicted molar refractivity (Wildman–Crippen MR) is 86.0 cm³/mol. The Hall–Kier alpha value is -1.39. The third kappa shape index (κ3) is 6.27. The Kier molecular flexibility index (Phi) is 6.70. The lowest BCUT2D eigenvalue weighted by Crippen LogP contribution is -2.33. The summed E-state index contributed by atoms with van der Waals surface area (Å²) in [6, 6.07) is 11.3. The molecule has 1 aliphatic rings. The molecule has 0 spiro atoms. The highest BCUT2D eigenvalue weighted by Crippen LogP contribution is 2.11. The van der Waals surface area contributed by atoms with E-state index in [1.54, 1.807) is 0 Å². The van der Waals surface area contributed by atoms with Gasteiger partial charge in [-0.3, -0.25) is 4.79 Å². The highest BCUT2D eigenvalue weighted by Gasteiger charge is 2.21. The van der Waals surface area contributed by atoms with Crippen molar-refractivity contribution in [2.45, 2.75) is 38.1 Å². The summed E-state index contributed by atoms with van der Waals surface area (Å²) in [5.41, 5.74) is 6.55. The molecule has 1 heterocycles. The van der Waals surface area contributed by atoms with Gasteiger partial charge in [0.2, 0.25) is 5.91 Å². The first-order valence-electron chi connectivity index (χ1n) is 8.02. The Labute approximate surface area is 127 Å². The second-order valence-electron chi connectivity index (χ2n) is 5.90. The molecule has 116 valence electrons. The van der Waals surface area contributed by atoms with E-state index in [9.17, 15) is 4.79 Å². The number of unbranched alkanes of at least 4 members (excludes halogenated alkanes) is 1. The largest absolute Gasteiger partial charge is 0.370 e. The summed E-state index contributed by atoms with van der Waals surface area (Å²) in [6.07, 6.45) is 4.79. The molecule has 1 atom stereocenters. The number of carbonyl (C=O) groups is 1. The van der Waals surface area contributed by atoms with Crippen LogP contribution in [0.25, 0.3) is 0 Å².